The summed E-state index contributed by atoms with van der Waals surface area (Å²) in [7, 11) is 0. The minimum atomic E-state index is -0.146. The van der Waals surface area contributed by atoms with Crippen LogP contribution >= 0.6 is 15.9 Å². The van der Waals surface area contributed by atoms with E-state index in [2.05, 4.69) is 29.8 Å². The molecule has 15 heavy (non-hydrogen) atoms. The first-order valence-corrected chi connectivity index (χ1v) is 6.03. The molecule has 0 aliphatic carbocycles. The number of halogens is 2. The van der Waals surface area contributed by atoms with Gasteiger partial charge in [-0.2, -0.15) is 0 Å². The molecule has 0 aromatic heterocycles. The Morgan fingerprint density at radius 1 is 1.40 bits per heavy atom. The molecule has 0 bridgehead atoms. The fourth-order valence-electron chi connectivity index (χ4n) is 1.48. The van der Waals surface area contributed by atoms with Crippen LogP contribution < -0.4 is 5.73 Å². The second-order valence-electron chi connectivity index (χ2n) is 4.02. The number of benzene rings is 1. The van der Waals surface area contributed by atoms with Crippen LogP contribution in [0.25, 0.3) is 0 Å². The van der Waals surface area contributed by atoms with Gasteiger partial charge in [0.2, 0.25) is 0 Å². The van der Waals surface area contributed by atoms with E-state index in [0.717, 1.165) is 17.5 Å². The van der Waals surface area contributed by atoms with Crippen LogP contribution in [0.2, 0.25) is 0 Å². The fraction of sp³-hybridized carbons (Fsp3) is 0.500. The summed E-state index contributed by atoms with van der Waals surface area (Å²) in [6.07, 6.45) is 1.53. The second-order valence-corrected chi connectivity index (χ2v) is 4.88. The van der Waals surface area contributed by atoms with Crippen molar-refractivity contribution in [2.75, 3.05) is 6.54 Å². The van der Waals surface area contributed by atoms with Gasteiger partial charge in [0, 0.05) is 0 Å². The second kappa shape index (κ2) is 5.61. The third kappa shape index (κ3) is 3.28. The third-order valence-corrected chi connectivity index (χ3v) is 3.02. The Morgan fingerprint density at radius 3 is 2.60 bits per heavy atom. The lowest BCUT2D eigenvalue weighted by Gasteiger charge is -2.11. The molecule has 0 spiro atoms. The zero-order valence-electron chi connectivity index (χ0n) is 9.19. The first-order chi connectivity index (χ1) is 7.06. The predicted octanol–water partition coefficient (Wildman–Crippen LogP) is 3.60. The molecule has 1 rings (SSSR count). The van der Waals surface area contributed by atoms with Crippen molar-refractivity contribution < 1.29 is 4.39 Å². The van der Waals surface area contributed by atoms with E-state index in [9.17, 15) is 4.39 Å². The average molecular weight is 274 g/mol. The van der Waals surface area contributed by atoms with Crippen LogP contribution in [0, 0.1) is 5.82 Å². The van der Waals surface area contributed by atoms with Gasteiger partial charge in [-0.3, -0.25) is 0 Å². The van der Waals surface area contributed by atoms with Crippen LogP contribution in [0.1, 0.15) is 37.3 Å². The SMILES string of the molecule is CC(C)c1cc(Br)c(F)c(CCCN)c1. The zero-order chi connectivity index (χ0) is 11.4. The van der Waals surface area contributed by atoms with Crippen molar-refractivity contribution in [3.05, 3.63) is 33.5 Å². The minimum Gasteiger partial charge on any atom is -0.330 e. The summed E-state index contributed by atoms with van der Waals surface area (Å²) in [6.45, 7) is 4.81. The number of hydrogen-bond donors (Lipinski definition) is 1. The molecule has 0 atom stereocenters. The number of hydrogen-bond acceptors (Lipinski definition) is 1. The molecule has 0 heterocycles. The van der Waals surface area contributed by atoms with E-state index in [1.54, 1.807) is 0 Å². The molecule has 0 aliphatic heterocycles. The molecule has 0 radical (unpaired) electrons. The monoisotopic (exact) mass is 273 g/mol. The van der Waals surface area contributed by atoms with Crippen LogP contribution in [0.4, 0.5) is 4.39 Å². The lowest BCUT2D eigenvalue weighted by molar-refractivity contribution is 0.596. The van der Waals surface area contributed by atoms with Gasteiger partial charge in [-0.25, -0.2) is 4.39 Å². The topological polar surface area (TPSA) is 26.0 Å². The Bertz CT molecular complexity index is 337. The predicted molar refractivity (Wildman–Crippen MR) is 65.6 cm³/mol. The molecule has 0 fully saturated rings. The smallest absolute Gasteiger partial charge is 0.140 e. The van der Waals surface area contributed by atoms with Crippen molar-refractivity contribution in [3.8, 4) is 0 Å². The molecule has 1 aromatic rings. The zero-order valence-corrected chi connectivity index (χ0v) is 10.8. The summed E-state index contributed by atoms with van der Waals surface area (Å²) >= 11 is 3.25. The van der Waals surface area contributed by atoms with Crippen molar-refractivity contribution in [2.45, 2.75) is 32.6 Å². The van der Waals surface area contributed by atoms with Gasteiger partial charge in [0.15, 0.2) is 0 Å². The maximum absolute atomic E-state index is 13.7. The van der Waals surface area contributed by atoms with Crippen molar-refractivity contribution in [2.24, 2.45) is 5.73 Å². The van der Waals surface area contributed by atoms with Gasteiger partial charge in [-0.15, -0.1) is 0 Å². The molecule has 0 saturated heterocycles. The highest BCUT2D eigenvalue weighted by atomic mass is 79.9. The molecule has 0 aliphatic rings. The Labute approximate surface area is 99.0 Å². The van der Waals surface area contributed by atoms with Gasteiger partial charge in [0.1, 0.15) is 5.82 Å². The Balaban J connectivity index is 3.02. The maximum Gasteiger partial charge on any atom is 0.140 e. The normalized spacial score (nSPS) is 11.1. The maximum atomic E-state index is 13.7. The first kappa shape index (κ1) is 12.7. The molecular weight excluding hydrogens is 257 g/mol. The van der Waals surface area contributed by atoms with Crippen molar-refractivity contribution in [3.63, 3.8) is 0 Å². The molecule has 0 saturated carbocycles. The van der Waals surface area contributed by atoms with E-state index in [1.807, 2.05) is 12.1 Å². The Kier molecular flexibility index (Phi) is 4.74. The van der Waals surface area contributed by atoms with E-state index >= 15 is 0 Å². The highest BCUT2D eigenvalue weighted by molar-refractivity contribution is 9.10. The lowest BCUT2D eigenvalue weighted by Crippen LogP contribution is -2.03. The number of nitrogens with two attached hydrogens (primary N) is 1. The molecule has 0 unspecified atom stereocenters. The lowest BCUT2D eigenvalue weighted by atomic mass is 9.98. The largest absolute Gasteiger partial charge is 0.330 e. The van der Waals surface area contributed by atoms with Crippen LogP contribution in [-0.2, 0) is 6.42 Å². The average Bonchev–Trinajstić information content (AvgIpc) is 2.19. The van der Waals surface area contributed by atoms with Crippen LogP contribution in [0.5, 0.6) is 0 Å². The van der Waals surface area contributed by atoms with Gasteiger partial charge >= 0.3 is 0 Å². The summed E-state index contributed by atoms with van der Waals surface area (Å²) < 4.78 is 14.2. The molecule has 1 aromatic carbocycles. The molecule has 1 nitrogen and oxygen atoms in total. The van der Waals surface area contributed by atoms with Crippen LogP contribution in [-0.4, -0.2) is 6.54 Å². The fourth-order valence-corrected chi connectivity index (χ4v) is 2.00. The summed E-state index contributed by atoms with van der Waals surface area (Å²) in [5.74, 6) is 0.270. The standard InChI is InChI=1S/C12H17BrFN/c1-8(2)10-6-9(4-3-5-15)12(14)11(13)7-10/h6-8H,3-5,15H2,1-2H3. The van der Waals surface area contributed by atoms with E-state index in [1.165, 1.54) is 0 Å². The van der Waals surface area contributed by atoms with Crippen LogP contribution in [0.3, 0.4) is 0 Å². The molecule has 2 N–H and O–H groups in total. The Hall–Kier alpha value is -0.410. The van der Waals surface area contributed by atoms with Crippen molar-refractivity contribution in [1.29, 1.82) is 0 Å². The van der Waals surface area contributed by atoms with Gasteiger partial charge in [0.05, 0.1) is 4.47 Å². The third-order valence-electron chi connectivity index (χ3n) is 2.44. The summed E-state index contributed by atoms with van der Waals surface area (Å²) in [4.78, 5) is 0. The van der Waals surface area contributed by atoms with Gasteiger partial charge in [-0.1, -0.05) is 19.9 Å². The Morgan fingerprint density at radius 2 is 2.07 bits per heavy atom. The summed E-state index contributed by atoms with van der Waals surface area (Å²) in [6, 6.07) is 3.80. The van der Waals surface area contributed by atoms with Gasteiger partial charge in [0.25, 0.3) is 0 Å². The first-order valence-electron chi connectivity index (χ1n) is 5.24. The number of rotatable bonds is 4. The van der Waals surface area contributed by atoms with Crippen molar-refractivity contribution >= 4 is 15.9 Å². The molecule has 0 amide bonds. The number of aryl methyl sites for hydroxylation is 1. The van der Waals surface area contributed by atoms with Crippen molar-refractivity contribution in [1.82, 2.24) is 0 Å². The highest BCUT2D eigenvalue weighted by Gasteiger charge is 2.10. The molecular formula is C12H17BrFN. The van der Waals surface area contributed by atoms with E-state index in [-0.39, 0.29) is 5.82 Å². The van der Waals surface area contributed by atoms with E-state index in [4.69, 9.17) is 5.73 Å². The molecule has 3 heteroatoms. The molecule has 84 valence electrons. The quantitative estimate of drug-likeness (QED) is 0.891. The van der Waals surface area contributed by atoms with Gasteiger partial charge in [-0.05, 0) is 58.4 Å². The minimum absolute atomic E-state index is 0.146. The summed E-state index contributed by atoms with van der Waals surface area (Å²) in [5.41, 5.74) is 7.35. The highest BCUT2D eigenvalue weighted by Crippen LogP contribution is 2.26. The van der Waals surface area contributed by atoms with E-state index in [0.29, 0.717) is 23.4 Å². The summed E-state index contributed by atoms with van der Waals surface area (Å²) in [5, 5.41) is 0. The van der Waals surface area contributed by atoms with E-state index < -0.39 is 0 Å². The van der Waals surface area contributed by atoms with Gasteiger partial charge < -0.3 is 5.73 Å². The van der Waals surface area contributed by atoms with Crippen LogP contribution in [0.15, 0.2) is 16.6 Å².